The first-order valence-corrected chi connectivity index (χ1v) is 3.40. The van der Waals surface area contributed by atoms with Crippen molar-refractivity contribution in [2.45, 2.75) is 37.9 Å². The fourth-order valence-electron chi connectivity index (χ4n) is 1.58. The lowest BCUT2D eigenvalue weighted by Gasteiger charge is -2.09. The molecule has 2 unspecified atom stereocenters. The molecule has 0 radical (unpaired) electrons. The van der Waals surface area contributed by atoms with Gasteiger partial charge < -0.3 is 4.74 Å². The Labute approximate surface area is 54.2 Å². The fraction of sp³-hybridized carbons (Fsp3) is 0.857. The number of fused-ring (bicyclic) bond motifs is 1. The molecular formula is C7H10O2. The lowest BCUT2D eigenvalue weighted by molar-refractivity contribution is -0.120. The van der Waals surface area contributed by atoms with Crippen LogP contribution in [0.5, 0.6) is 0 Å². The molecule has 0 aromatic heterocycles. The molecule has 0 N–H and O–H groups in total. The molecule has 2 heteroatoms. The summed E-state index contributed by atoms with van der Waals surface area (Å²) in [5, 5.41) is 0. The first-order chi connectivity index (χ1) is 4.21. The van der Waals surface area contributed by atoms with E-state index in [-0.39, 0.29) is 5.60 Å². The van der Waals surface area contributed by atoms with Gasteiger partial charge in [-0.2, -0.15) is 0 Å². The zero-order valence-electron chi connectivity index (χ0n) is 5.52. The monoisotopic (exact) mass is 126 g/mol. The van der Waals surface area contributed by atoms with Gasteiger partial charge in [0.2, 0.25) is 0 Å². The summed E-state index contributed by atoms with van der Waals surface area (Å²) in [4.78, 5) is 10.8. The van der Waals surface area contributed by atoms with Crippen molar-refractivity contribution in [3.8, 4) is 0 Å². The molecule has 0 spiro atoms. The van der Waals surface area contributed by atoms with Crippen molar-refractivity contribution >= 4 is 5.78 Å². The molecule has 1 heterocycles. The van der Waals surface area contributed by atoms with Crippen molar-refractivity contribution < 1.29 is 9.53 Å². The van der Waals surface area contributed by atoms with Crippen molar-refractivity contribution in [1.29, 1.82) is 0 Å². The van der Waals surface area contributed by atoms with Gasteiger partial charge in [-0.25, -0.2) is 0 Å². The molecule has 2 rings (SSSR count). The minimum Gasteiger partial charge on any atom is -0.366 e. The van der Waals surface area contributed by atoms with Gasteiger partial charge in [0.1, 0.15) is 5.78 Å². The molecule has 0 amide bonds. The van der Waals surface area contributed by atoms with E-state index < -0.39 is 0 Å². The highest BCUT2D eigenvalue weighted by atomic mass is 16.6. The molecule has 2 aliphatic rings. The Morgan fingerprint density at radius 3 is 3.11 bits per heavy atom. The predicted octanol–water partition coefficient (Wildman–Crippen LogP) is 0.897. The van der Waals surface area contributed by atoms with E-state index in [0.29, 0.717) is 18.3 Å². The van der Waals surface area contributed by atoms with E-state index in [2.05, 4.69) is 0 Å². The molecule has 1 aliphatic heterocycles. The standard InChI is InChI=1S/C7H10O2/c1-7-4-5(8)2-3-6(7)9-7/h6H,2-4H2,1H3. The summed E-state index contributed by atoms with van der Waals surface area (Å²) in [5.41, 5.74) is -0.0324. The van der Waals surface area contributed by atoms with Crippen LogP contribution in [0.2, 0.25) is 0 Å². The number of ether oxygens (including phenoxy) is 1. The first-order valence-electron chi connectivity index (χ1n) is 3.40. The average molecular weight is 126 g/mol. The molecular weight excluding hydrogens is 116 g/mol. The SMILES string of the molecule is CC12CC(=O)CCC1O2. The number of hydrogen-bond acceptors (Lipinski definition) is 2. The van der Waals surface area contributed by atoms with Crippen LogP contribution < -0.4 is 0 Å². The summed E-state index contributed by atoms with van der Waals surface area (Å²) >= 11 is 0. The maximum absolute atomic E-state index is 10.8. The van der Waals surface area contributed by atoms with Crippen LogP contribution >= 0.6 is 0 Å². The quantitative estimate of drug-likeness (QED) is 0.451. The van der Waals surface area contributed by atoms with Crippen LogP contribution in [-0.4, -0.2) is 17.5 Å². The molecule has 0 aromatic carbocycles. The molecule has 2 nitrogen and oxygen atoms in total. The van der Waals surface area contributed by atoms with Gasteiger partial charge in [0.05, 0.1) is 11.7 Å². The number of epoxide rings is 1. The molecule has 9 heavy (non-hydrogen) atoms. The van der Waals surface area contributed by atoms with Crippen LogP contribution in [-0.2, 0) is 9.53 Å². The Balaban J connectivity index is 2.11. The van der Waals surface area contributed by atoms with E-state index in [1.165, 1.54) is 0 Å². The Morgan fingerprint density at radius 2 is 2.56 bits per heavy atom. The van der Waals surface area contributed by atoms with Gasteiger partial charge in [0.25, 0.3) is 0 Å². The van der Waals surface area contributed by atoms with E-state index in [9.17, 15) is 4.79 Å². The highest BCUT2D eigenvalue weighted by Gasteiger charge is 2.55. The van der Waals surface area contributed by atoms with Gasteiger partial charge >= 0.3 is 0 Å². The van der Waals surface area contributed by atoms with Crippen molar-refractivity contribution in [2.24, 2.45) is 0 Å². The molecule has 0 bridgehead atoms. The smallest absolute Gasteiger partial charge is 0.135 e. The van der Waals surface area contributed by atoms with E-state index in [4.69, 9.17) is 4.74 Å². The van der Waals surface area contributed by atoms with E-state index in [0.717, 1.165) is 12.8 Å². The number of Topliss-reactive ketones (excluding diaryl/α,β-unsaturated/α-hetero) is 1. The lowest BCUT2D eigenvalue weighted by Crippen LogP contribution is -2.21. The second kappa shape index (κ2) is 1.37. The summed E-state index contributed by atoms with van der Waals surface area (Å²) in [7, 11) is 0. The molecule has 1 saturated carbocycles. The molecule has 1 aliphatic carbocycles. The number of rotatable bonds is 0. The minimum atomic E-state index is -0.0324. The fourth-order valence-corrected chi connectivity index (χ4v) is 1.58. The minimum absolute atomic E-state index is 0.0324. The maximum atomic E-state index is 10.8. The number of carbonyl (C=O) groups is 1. The van der Waals surface area contributed by atoms with Gasteiger partial charge in [-0.1, -0.05) is 0 Å². The Hall–Kier alpha value is -0.370. The summed E-state index contributed by atoms with van der Waals surface area (Å²) < 4.78 is 5.31. The lowest BCUT2D eigenvalue weighted by atomic mass is 9.90. The number of hydrogen-bond donors (Lipinski definition) is 0. The van der Waals surface area contributed by atoms with E-state index in [1.54, 1.807) is 0 Å². The number of ketones is 1. The number of carbonyl (C=O) groups excluding carboxylic acids is 1. The van der Waals surface area contributed by atoms with Gasteiger partial charge in [0, 0.05) is 12.8 Å². The molecule has 2 fully saturated rings. The summed E-state index contributed by atoms with van der Waals surface area (Å²) in [5.74, 6) is 0.367. The van der Waals surface area contributed by atoms with Gasteiger partial charge in [-0.3, -0.25) is 4.79 Å². The molecule has 0 aromatic rings. The van der Waals surface area contributed by atoms with Crippen molar-refractivity contribution in [2.75, 3.05) is 0 Å². The van der Waals surface area contributed by atoms with Crippen molar-refractivity contribution in [1.82, 2.24) is 0 Å². The van der Waals surface area contributed by atoms with E-state index >= 15 is 0 Å². The van der Waals surface area contributed by atoms with Crippen molar-refractivity contribution in [3.63, 3.8) is 0 Å². The second-order valence-electron chi connectivity index (χ2n) is 3.17. The summed E-state index contributed by atoms with van der Waals surface area (Å²) in [6.45, 7) is 2.02. The van der Waals surface area contributed by atoms with Crippen molar-refractivity contribution in [3.05, 3.63) is 0 Å². The Kier molecular flexibility index (Phi) is 0.826. The van der Waals surface area contributed by atoms with Gasteiger partial charge in [-0.05, 0) is 13.3 Å². The van der Waals surface area contributed by atoms with Crippen LogP contribution in [0.25, 0.3) is 0 Å². The molecule has 2 atom stereocenters. The van der Waals surface area contributed by atoms with Gasteiger partial charge in [0.15, 0.2) is 0 Å². The third-order valence-electron chi connectivity index (χ3n) is 2.27. The van der Waals surface area contributed by atoms with Crippen LogP contribution in [0.3, 0.4) is 0 Å². The second-order valence-corrected chi connectivity index (χ2v) is 3.17. The zero-order valence-corrected chi connectivity index (χ0v) is 5.52. The van der Waals surface area contributed by atoms with Gasteiger partial charge in [-0.15, -0.1) is 0 Å². The highest BCUT2D eigenvalue weighted by molar-refractivity contribution is 5.81. The van der Waals surface area contributed by atoms with Crippen LogP contribution in [0.15, 0.2) is 0 Å². The third kappa shape index (κ3) is 0.697. The normalized spacial score (nSPS) is 48.6. The molecule has 50 valence electrons. The summed E-state index contributed by atoms with van der Waals surface area (Å²) in [6.07, 6.45) is 2.75. The Morgan fingerprint density at radius 1 is 1.78 bits per heavy atom. The van der Waals surface area contributed by atoms with Crippen LogP contribution in [0, 0.1) is 0 Å². The van der Waals surface area contributed by atoms with Crippen LogP contribution in [0.1, 0.15) is 26.2 Å². The zero-order chi connectivity index (χ0) is 6.48. The van der Waals surface area contributed by atoms with E-state index in [1.807, 2.05) is 6.92 Å². The van der Waals surface area contributed by atoms with Crippen LogP contribution in [0.4, 0.5) is 0 Å². The largest absolute Gasteiger partial charge is 0.366 e. The topological polar surface area (TPSA) is 29.6 Å². The highest BCUT2D eigenvalue weighted by Crippen LogP contribution is 2.45. The first kappa shape index (κ1) is 5.42. The molecule has 1 saturated heterocycles. The predicted molar refractivity (Wildman–Crippen MR) is 32.1 cm³/mol. The summed E-state index contributed by atoms with van der Waals surface area (Å²) in [6, 6.07) is 0. The average Bonchev–Trinajstić information content (AvgIpc) is 2.38. The Bertz CT molecular complexity index is 164. The third-order valence-corrected chi connectivity index (χ3v) is 2.27. The maximum Gasteiger partial charge on any atom is 0.135 e.